The molecule has 1 aliphatic rings. The van der Waals surface area contributed by atoms with Crippen LogP contribution in [0.15, 0.2) is 10.4 Å². The van der Waals surface area contributed by atoms with Gasteiger partial charge in [-0.2, -0.15) is 13.2 Å². The summed E-state index contributed by atoms with van der Waals surface area (Å²) in [6.45, 7) is 1.99. The lowest BCUT2D eigenvalue weighted by Crippen LogP contribution is -2.50. The van der Waals surface area contributed by atoms with Crippen LogP contribution in [-0.4, -0.2) is 50.5 Å². The topological polar surface area (TPSA) is 67.8 Å². The Bertz CT molecular complexity index is 556. The first kappa shape index (κ1) is 18.9. The van der Waals surface area contributed by atoms with E-state index in [4.69, 9.17) is 9.47 Å². The number of nitrogens with zero attached hydrogens (tertiary/aromatic N) is 2. The van der Waals surface area contributed by atoms with Crippen molar-refractivity contribution < 1.29 is 22.6 Å². The molecule has 6 nitrogen and oxygen atoms in total. The van der Waals surface area contributed by atoms with E-state index in [9.17, 15) is 13.2 Å². The number of alkyl halides is 3. The summed E-state index contributed by atoms with van der Waals surface area (Å²) < 4.78 is 48.6. The van der Waals surface area contributed by atoms with Crippen LogP contribution in [-0.2, 0) is 22.2 Å². The molecule has 0 atom stereocenters. The molecule has 24 heavy (non-hydrogen) atoms. The largest absolute Gasteiger partial charge is 0.434 e. The molecule has 2 heterocycles. The lowest BCUT2D eigenvalue weighted by atomic mass is 9.94. The SMILES string of the molecule is CN=C(NCc1nc(C(F)(F)F)cs1)NCC1(OC)CCOCC1. The standard InChI is InChI=1S/C14H21F3N4O2S/c1-18-12(20-9-13(22-2)3-5-23-6-4-13)19-7-11-21-10(8-24-11)14(15,16)17/h8H,3-7,9H2,1-2H3,(H2,18,19,20). The van der Waals surface area contributed by atoms with E-state index in [0.717, 1.165) is 29.6 Å². The van der Waals surface area contributed by atoms with Crippen LogP contribution in [0.4, 0.5) is 13.2 Å². The van der Waals surface area contributed by atoms with E-state index in [1.165, 1.54) is 0 Å². The molecular formula is C14H21F3N4O2S. The Hall–Kier alpha value is -1.39. The van der Waals surface area contributed by atoms with Gasteiger partial charge in [0.25, 0.3) is 0 Å². The maximum Gasteiger partial charge on any atom is 0.434 e. The Labute approximate surface area is 142 Å². The van der Waals surface area contributed by atoms with Crippen molar-refractivity contribution in [2.24, 2.45) is 4.99 Å². The molecule has 2 rings (SSSR count). The molecule has 0 aliphatic carbocycles. The molecule has 0 aromatic carbocycles. The van der Waals surface area contributed by atoms with Crippen molar-refractivity contribution in [3.63, 3.8) is 0 Å². The maximum atomic E-state index is 12.5. The molecule has 0 spiro atoms. The van der Waals surface area contributed by atoms with Gasteiger partial charge in [-0.1, -0.05) is 0 Å². The highest BCUT2D eigenvalue weighted by Crippen LogP contribution is 2.30. The van der Waals surface area contributed by atoms with Crippen LogP contribution < -0.4 is 10.6 Å². The van der Waals surface area contributed by atoms with E-state index >= 15 is 0 Å². The summed E-state index contributed by atoms with van der Waals surface area (Å²) in [4.78, 5) is 7.65. The zero-order valence-corrected chi connectivity index (χ0v) is 14.4. The van der Waals surface area contributed by atoms with Crippen LogP contribution in [0.1, 0.15) is 23.5 Å². The number of rotatable bonds is 5. The van der Waals surface area contributed by atoms with E-state index < -0.39 is 11.9 Å². The van der Waals surface area contributed by atoms with Crippen LogP contribution in [0.3, 0.4) is 0 Å². The molecule has 1 saturated heterocycles. The Morgan fingerprint density at radius 1 is 1.42 bits per heavy atom. The van der Waals surface area contributed by atoms with Gasteiger partial charge in [0.1, 0.15) is 5.01 Å². The average Bonchev–Trinajstić information content (AvgIpc) is 3.05. The minimum Gasteiger partial charge on any atom is -0.381 e. The van der Waals surface area contributed by atoms with Crippen LogP contribution >= 0.6 is 11.3 Å². The van der Waals surface area contributed by atoms with Crippen molar-refractivity contribution in [3.05, 3.63) is 16.1 Å². The molecule has 0 unspecified atom stereocenters. The fourth-order valence-electron chi connectivity index (χ4n) is 2.34. The molecule has 10 heteroatoms. The molecule has 1 aromatic rings. The first-order valence-electron chi connectivity index (χ1n) is 7.47. The summed E-state index contributed by atoms with van der Waals surface area (Å²) in [5.41, 5.74) is -1.19. The highest BCUT2D eigenvalue weighted by atomic mass is 32.1. The number of thiazole rings is 1. The molecular weight excluding hydrogens is 345 g/mol. The van der Waals surface area contributed by atoms with Crippen molar-refractivity contribution in [2.45, 2.75) is 31.2 Å². The van der Waals surface area contributed by atoms with Crippen molar-refractivity contribution in [2.75, 3.05) is 33.9 Å². The highest BCUT2D eigenvalue weighted by molar-refractivity contribution is 7.09. The van der Waals surface area contributed by atoms with Gasteiger partial charge in [-0.15, -0.1) is 11.3 Å². The second kappa shape index (κ2) is 8.13. The fourth-order valence-corrected chi connectivity index (χ4v) is 3.08. The van der Waals surface area contributed by atoms with E-state index in [-0.39, 0.29) is 12.1 Å². The summed E-state index contributed by atoms with van der Waals surface area (Å²) in [6.07, 6.45) is -2.87. The highest BCUT2D eigenvalue weighted by Gasteiger charge is 2.34. The third kappa shape index (κ3) is 5.05. The van der Waals surface area contributed by atoms with Gasteiger partial charge in [-0.05, 0) is 0 Å². The van der Waals surface area contributed by atoms with Gasteiger partial charge in [0.2, 0.25) is 0 Å². The van der Waals surface area contributed by atoms with Gasteiger partial charge >= 0.3 is 6.18 Å². The number of guanidine groups is 1. The predicted molar refractivity (Wildman–Crippen MR) is 85.1 cm³/mol. The van der Waals surface area contributed by atoms with Crippen molar-refractivity contribution in [1.82, 2.24) is 15.6 Å². The predicted octanol–water partition coefficient (Wildman–Crippen LogP) is 2.02. The summed E-state index contributed by atoms with van der Waals surface area (Å²) in [6, 6.07) is 0. The third-order valence-electron chi connectivity index (χ3n) is 3.89. The second-order valence-electron chi connectivity index (χ2n) is 5.40. The monoisotopic (exact) mass is 366 g/mol. The lowest BCUT2D eigenvalue weighted by molar-refractivity contribution is -0.140. The van der Waals surface area contributed by atoms with Crippen molar-refractivity contribution >= 4 is 17.3 Å². The third-order valence-corrected chi connectivity index (χ3v) is 4.74. The number of halogens is 3. The number of hydrogen-bond acceptors (Lipinski definition) is 5. The number of methoxy groups -OCH3 is 1. The number of hydrogen-bond donors (Lipinski definition) is 2. The zero-order chi connectivity index (χ0) is 17.6. The summed E-state index contributed by atoms with van der Waals surface area (Å²) in [5, 5.41) is 7.47. The average molecular weight is 366 g/mol. The number of aliphatic imine (C=N–C) groups is 1. The summed E-state index contributed by atoms with van der Waals surface area (Å²) >= 11 is 0.961. The molecule has 0 bridgehead atoms. The quantitative estimate of drug-likeness (QED) is 0.617. The van der Waals surface area contributed by atoms with Crippen LogP contribution in [0.5, 0.6) is 0 Å². The molecule has 1 aromatic heterocycles. The summed E-state index contributed by atoms with van der Waals surface area (Å²) in [7, 11) is 3.26. The van der Waals surface area contributed by atoms with Gasteiger partial charge in [0, 0.05) is 52.1 Å². The zero-order valence-electron chi connectivity index (χ0n) is 13.6. The number of nitrogens with one attached hydrogen (secondary N) is 2. The van der Waals surface area contributed by atoms with Crippen LogP contribution in [0.2, 0.25) is 0 Å². The van der Waals surface area contributed by atoms with Gasteiger partial charge < -0.3 is 20.1 Å². The molecule has 136 valence electrons. The Balaban J connectivity index is 1.85. The number of ether oxygens (including phenoxy) is 2. The lowest BCUT2D eigenvalue weighted by Gasteiger charge is -2.36. The Morgan fingerprint density at radius 3 is 2.67 bits per heavy atom. The van der Waals surface area contributed by atoms with Crippen LogP contribution in [0.25, 0.3) is 0 Å². The second-order valence-corrected chi connectivity index (χ2v) is 6.35. The Kier molecular flexibility index (Phi) is 6.41. The smallest absolute Gasteiger partial charge is 0.381 e. The minimum atomic E-state index is -4.41. The van der Waals surface area contributed by atoms with Crippen molar-refractivity contribution in [1.29, 1.82) is 0 Å². The Morgan fingerprint density at radius 2 is 2.12 bits per heavy atom. The molecule has 0 saturated carbocycles. The van der Waals surface area contributed by atoms with E-state index in [0.29, 0.717) is 30.7 Å². The number of aromatic nitrogens is 1. The molecule has 1 aliphatic heterocycles. The van der Waals surface area contributed by atoms with Gasteiger partial charge in [0.15, 0.2) is 11.7 Å². The molecule has 2 N–H and O–H groups in total. The minimum absolute atomic E-state index is 0.170. The molecule has 1 fully saturated rings. The van der Waals surface area contributed by atoms with E-state index in [1.807, 2.05) is 0 Å². The first-order chi connectivity index (χ1) is 11.4. The van der Waals surface area contributed by atoms with E-state index in [1.54, 1.807) is 14.2 Å². The molecule has 0 amide bonds. The fraction of sp³-hybridized carbons (Fsp3) is 0.714. The van der Waals surface area contributed by atoms with Gasteiger partial charge in [-0.25, -0.2) is 4.98 Å². The van der Waals surface area contributed by atoms with Crippen molar-refractivity contribution in [3.8, 4) is 0 Å². The van der Waals surface area contributed by atoms with Gasteiger partial charge in [0.05, 0.1) is 12.1 Å². The molecule has 0 radical (unpaired) electrons. The van der Waals surface area contributed by atoms with Crippen LogP contribution in [0, 0.1) is 0 Å². The first-order valence-corrected chi connectivity index (χ1v) is 8.35. The van der Waals surface area contributed by atoms with Gasteiger partial charge in [-0.3, -0.25) is 4.99 Å². The normalized spacial score (nSPS) is 18.5. The maximum absolute atomic E-state index is 12.5. The summed E-state index contributed by atoms with van der Waals surface area (Å²) in [5.74, 6) is 0.488. The van der Waals surface area contributed by atoms with E-state index in [2.05, 4.69) is 20.6 Å².